The van der Waals surface area contributed by atoms with Crippen LogP contribution in [0.15, 0.2) is 12.4 Å². The summed E-state index contributed by atoms with van der Waals surface area (Å²) in [7, 11) is 0. The molecule has 1 atom stereocenters. The van der Waals surface area contributed by atoms with Crippen LogP contribution in [0.4, 0.5) is 0 Å². The van der Waals surface area contributed by atoms with Crippen molar-refractivity contribution >= 4 is 0 Å². The van der Waals surface area contributed by atoms with E-state index in [0.717, 1.165) is 31.2 Å². The lowest BCUT2D eigenvalue weighted by Gasteiger charge is -2.28. The van der Waals surface area contributed by atoms with E-state index in [2.05, 4.69) is 22.4 Å². The summed E-state index contributed by atoms with van der Waals surface area (Å²) in [5.41, 5.74) is 0.635. The zero-order valence-electron chi connectivity index (χ0n) is 10.6. The molecule has 3 N–H and O–H groups in total. The third kappa shape index (κ3) is 3.54. The largest absolute Gasteiger partial charge is 0.389 e. The molecule has 0 radical (unpaired) electrons. The quantitative estimate of drug-likeness (QED) is 0.703. The molecule has 2 rings (SSSR count). The van der Waals surface area contributed by atoms with Gasteiger partial charge >= 0.3 is 0 Å². The third-order valence-electron chi connectivity index (χ3n) is 3.79. The van der Waals surface area contributed by atoms with Gasteiger partial charge in [0.05, 0.1) is 11.8 Å². The summed E-state index contributed by atoms with van der Waals surface area (Å²) >= 11 is 0. The smallest absolute Gasteiger partial charge is 0.0771 e. The van der Waals surface area contributed by atoms with Gasteiger partial charge in [0.2, 0.25) is 0 Å². The maximum atomic E-state index is 10.5. The zero-order chi connectivity index (χ0) is 12.1. The molecule has 1 saturated carbocycles. The van der Waals surface area contributed by atoms with Crippen LogP contribution in [0.25, 0.3) is 0 Å². The molecule has 1 aromatic rings. The van der Waals surface area contributed by atoms with Crippen molar-refractivity contribution in [2.75, 3.05) is 6.54 Å². The Morgan fingerprint density at radius 1 is 1.41 bits per heavy atom. The standard InChI is InChI=1S/C13H23N3O/c1-11(12-8-15-16-9-12)14-10-13(17)6-4-2-3-5-7-13/h8-9,11,14,17H,2-7,10H2,1H3,(H,15,16). The van der Waals surface area contributed by atoms with Gasteiger partial charge in [0.25, 0.3) is 0 Å². The first kappa shape index (κ1) is 12.6. The van der Waals surface area contributed by atoms with Gasteiger partial charge in [-0.3, -0.25) is 5.10 Å². The molecule has 0 saturated heterocycles. The van der Waals surface area contributed by atoms with Gasteiger partial charge in [-0.2, -0.15) is 5.10 Å². The number of aromatic nitrogens is 2. The second-order valence-corrected chi connectivity index (χ2v) is 5.27. The molecule has 4 nitrogen and oxygen atoms in total. The van der Waals surface area contributed by atoms with Crippen molar-refractivity contribution in [2.45, 2.75) is 57.1 Å². The Bertz CT molecular complexity index is 315. The van der Waals surface area contributed by atoms with Gasteiger partial charge in [-0.15, -0.1) is 0 Å². The summed E-state index contributed by atoms with van der Waals surface area (Å²) in [6, 6.07) is 0.237. The fourth-order valence-electron chi connectivity index (χ4n) is 2.52. The van der Waals surface area contributed by atoms with Crippen molar-refractivity contribution in [1.29, 1.82) is 0 Å². The first-order valence-corrected chi connectivity index (χ1v) is 6.64. The van der Waals surface area contributed by atoms with E-state index in [1.807, 2.05) is 12.4 Å². The SMILES string of the molecule is CC(NCC1(O)CCCCCC1)c1cn[nH]c1. The molecule has 1 aromatic heterocycles. The molecular formula is C13H23N3O. The number of aliphatic hydroxyl groups is 1. The fraction of sp³-hybridized carbons (Fsp3) is 0.769. The van der Waals surface area contributed by atoms with E-state index in [1.54, 1.807) is 0 Å². The molecule has 1 aliphatic rings. The summed E-state index contributed by atoms with van der Waals surface area (Å²) in [5, 5.41) is 20.7. The number of H-pyrrole nitrogens is 1. The van der Waals surface area contributed by atoms with Gasteiger partial charge in [-0.25, -0.2) is 0 Å². The van der Waals surface area contributed by atoms with E-state index >= 15 is 0 Å². The molecule has 4 heteroatoms. The number of nitrogens with one attached hydrogen (secondary N) is 2. The Balaban J connectivity index is 1.84. The monoisotopic (exact) mass is 237 g/mol. The normalized spacial score (nSPS) is 22.0. The minimum atomic E-state index is -0.505. The summed E-state index contributed by atoms with van der Waals surface area (Å²) < 4.78 is 0. The van der Waals surface area contributed by atoms with Crippen LogP contribution in [0.3, 0.4) is 0 Å². The van der Waals surface area contributed by atoms with E-state index in [0.29, 0.717) is 6.54 Å². The molecule has 1 heterocycles. The topological polar surface area (TPSA) is 60.9 Å². The first-order valence-electron chi connectivity index (χ1n) is 6.64. The molecule has 0 spiro atoms. The first-order chi connectivity index (χ1) is 8.20. The molecule has 0 aromatic carbocycles. The second-order valence-electron chi connectivity index (χ2n) is 5.27. The van der Waals surface area contributed by atoms with Gasteiger partial charge < -0.3 is 10.4 Å². The molecule has 96 valence electrons. The average molecular weight is 237 g/mol. The van der Waals surface area contributed by atoms with E-state index in [1.165, 1.54) is 12.8 Å². The number of hydrogen-bond donors (Lipinski definition) is 3. The van der Waals surface area contributed by atoms with Gasteiger partial charge in [0, 0.05) is 24.3 Å². The molecule has 0 bridgehead atoms. The lowest BCUT2D eigenvalue weighted by atomic mass is 9.94. The maximum absolute atomic E-state index is 10.5. The summed E-state index contributed by atoms with van der Waals surface area (Å²) in [6.45, 7) is 2.78. The van der Waals surface area contributed by atoms with Gasteiger partial charge in [-0.05, 0) is 19.8 Å². The predicted molar refractivity (Wildman–Crippen MR) is 67.7 cm³/mol. The third-order valence-corrected chi connectivity index (χ3v) is 3.79. The minimum absolute atomic E-state index is 0.237. The Kier molecular flexibility index (Phi) is 4.18. The highest BCUT2D eigenvalue weighted by atomic mass is 16.3. The van der Waals surface area contributed by atoms with Crippen LogP contribution in [0, 0.1) is 0 Å². The molecule has 1 fully saturated rings. The van der Waals surface area contributed by atoms with E-state index in [4.69, 9.17) is 0 Å². The Labute approximate surface area is 103 Å². The van der Waals surface area contributed by atoms with Gasteiger partial charge in [-0.1, -0.05) is 25.7 Å². The zero-order valence-corrected chi connectivity index (χ0v) is 10.6. The summed E-state index contributed by atoms with van der Waals surface area (Å²) in [6.07, 6.45) is 10.4. The Hall–Kier alpha value is -0.870. The van der Waals surface area contributed by atoms with E-state index in [9.17, 15) is 5.11 Å². The number of aromatic amines is 1. The number of nitrogens with zero attached hydrogens (tertiary/aromatic N) is 1. The Morgan fingerprint density at radius 2 is 2.12 bits per heavy atom. The lowest BCUT2D eigenvalue weighted by Crippen LogP contribution is -2.41. The lowest BCUT2D eigenvalue weighted by molar-refractivity contribution is 0.0231. The molecule has 1 unspecified atom stereocenters. The fourth-order valence-corrected chi connectivity index (χ4v) is 2.52. The second kappa shape index (κ2) is 5.65. The summed E-state index contributed by atoms with van der Waals surface area (Å²) in [4.78, 5) is 0. The van der Waals surface area contributed by atoms with Crippen LogP contribution >= 0.6 is 0 Å². The van der Waals surface area contributed by atoms with Crippen molar-refractivity contribution < 1.29 is 5.11 Å². The highest BCUT2D eigenvalue weighted by Crippen LogP contribution is 2.27. The molecule has 17 heavy (non-hydrogen) atoms. The molecule has 0 amide bonds. The van der Waals surface area contributed by atoms with Gasteiger partial charge in [0.1, 0.15) is 0 Å². The number of hydrogen-bond acceptors (Lipinski definition) is 3. The molecular weight excluding hydrogens is 214 g/mol. The van der Waals surface area contributed by atoms with Crippen LogP contribution in [0.5, 0.6) is 0 Å². The summed E-state index contributed by atoms with van der Waals surface area (Å²) in [5.74, 6) is 0. The van der Waals surface area contributed by atoms with Crippen molar-refractivity contribution in [3.8, 4) is 0 Å². The van der Waals surface area contributed by atoms with Crippen LogP contribution in [-0.4, -0.2) is 27.4 Å². The average Bonchev–Trinajstić information content (AvgIpc) is 2.77. The highest BCUT2D eigenvalue weighted by molar-refractivity contribution is 5.08. The Morgan fingerprint density at radius 3 is 2.71 bits per heavy atom. The van der Waals surface area contributed by atoms with Crippen LogP contribution in [0.1, 0.15) is 57.1 Å². The highest BCUT2D eigenvalue weighted by Gasteiger charge is 2.28. The minimum Gasteiger partial charge on any atom is -0.389 e. The van der Waals surface area contributed by atoms with E-state index < -0.39 is 5.60 Å². The molecule has 1 aliphatic carbocycles. The maximum Gasteiger partial charge on any atom is 0.0771 e. The number of rotatable bonds is 4. The van der Waals surface area contributed by atoms with Crippen molar-refractivity contribution in [3.05, 3.63) is 18.0 Å². The predicted octanol–water partition coefficient (Wildman–Crippen LogP) is 2.15. The van der Waals surface area contributed by atoms with Crippen LogP contribution < -0.4 is 5.32 Å². The van der Waals surface area contributed by atoms with E-state index in [-0.39, 0.29) is 6.04 Å². The molecule has 0 aliphatic heterocycles. The van der Waals surface area contributed by atoms with Crippen molar-refractivity contribution in [2.24, 2.45) is 0 Å². The van der Waals surface area contributed by atoms with Crippen molar-refractivity contribution in [3.63, 3.8) is 0 Å². The van der Waals surface area contributed by atoms with Crippen LogP contribution in [-0.2, 0) is 0 Å². The van der Waals surface area contributed by atoms with Crippen LogP contribution in [0.2, 0.25) is 0 Å². The van der Waals surface area contributed by atoms with Crippen molar-refractivity contribution in [1.82, 2.24) is 15.5 Å². The van der Waals surface area contributed by atoms with Gasteiger partial charge in [0.15, 0.2) is 0 Å².